The van der Waals surface area contributed by atoms with E-state index in [0.29, 0.717) is 19.3 Å². The van der Waals surface area contributed by atoms with Gasteiger partial charge >= 0.3 is 27.6 Å². The Labute approximate surface area is 347 Å². The summed E-state index contributed by atoms with van der Waals surface area (Å²) in [6, 6.07) is 0. The van der Waals surface area contributed by atoms with Crippen LogP contribution >= 0.6 is 15.6 Å². The van der Waals surface area contributed by atoms with Crippen molar-refractivity contribution < 1.29 is 66.3 Å². The van der Waals surface area contributed by atoms with E-state index in [1.165, 1.54) is 25.7 Å². The van der Waals surface area contributed by atoms with Crippen molar-refractivity contribution in [2.45, 2.75) is 174 Å². The third-order valence-corrected chi connectivity index (χ3v) is 10.1. The fraction of sp³-hybridized carbons (Fsp3) is 0.738. The highest BCUT2D eigenvalue weighted by molar-refractivity contribution is 7.47. The predicted octanol–water partition coefficient (Wildman–Crippen LogP) is 9.85. The minimum atomic E-state index is -4.87. The molecule has 0 aromatic rings. The molecule has 0 saturated carbocycles. The summed E-state index contributed by atoms with van der Waals surface area (Å²) in [5.41, 5.74) is 0. The molecule has 336 valence electrons. The van der Waals surface area contributed by atoms with E-state index < -0.39 is 66.2 Å². The summed E-state index contributed by atoms with van der Waals surface area (Å²) in [5, 5.41) is 9.73. The van der Waals surface area contributed by atoms with E-state index in [9.17, 15) is 33.5 Å². The highest BCUT2D eigenvalue weighted by atomic mass is 31.2. The summed E-state index contributed by atoms with van der Waals surface area (Å²) < 4.78 is 47.6. The molecular formula is C42H74O14P2. The van der Waals surface area contributed by atoms with Crippen molar-refractivity contribution in [3.8, 4) is 0 Å². The quantitative estimate of drug-likeness (QED) is 0.0148. The maximum absolute atomic E-state index is 12.6. The predicted molar refractivity (Wildman–Crippen MR) is 226 cm³/mol. The Morgan fingerprint density at radius 1 is 0.534 bits per heavy atom. The zero-order chi connectivity index (χ0) is 43.2. The number of esters is 2. The number of phosphoric acid groups is 2. The maximum Gasteiger partial charge on any atom is 0.472 e. The number of rotatable bonds is 40. The third-order valence-electron chi connectivity index (χ3n) is 8.68. The van der Waals surface area contributed by atoms with E-state index in [2.05, 4.69) is 47.2 Å². The van der Waals surface area contributed by atoms with Crippen LogP contribution in [0.5, 0.6) is 0 Å². The summed E-state index contributed by atoms with van der Waals surface area (Å²) in [6.07, 6.45) is 33.7. The molecule has 0 heterocycles. The second-order valence-corrected chi connectivity index (χ2v) is 17.0. The lowest BCUT2D eigenvalue weighted by molar-refractivity contribution is -0.161. The average molecular weight is 865 g/mol. The Hall–Kier alpha value is -2.25. The van der Waals surface area contributed by atoms with Gasteiger partial charge < -0.3 is 29.3 Å². The second kappa shape index (κ2) is 37.7. The Morgan fingerprint density at radius 3 is 1.55 bits per heavy atom. The van der Waals surface area contributed by atoms with Crippen LogP contribution in [0.25, 0.3) is 0 Å². The van der Waals surface area contributed by atoms with Gasteiger partial charge in [0, 0.05) is 19.3 Å². The number of hydrogen-bond donors (Lipinski definition) is 4. The Morgan fingerprint density at radius 2 is 0.983 bits per heavy atom. The van der Waals surface area contributed by atoms with Crippen LogP contribution < -0.4 is 0 Å². The molecule has 0 saturated heterocycles. The van der Waals surface area contributed by atoms with Gasteiger partial charge in [-0.2, -0.15) is 0 Å². The zero-order valence-electron chi connectivity index (χ0n) is 35.1. The summed E-state index contributed by atoms with van der Waals surface area (Å²) in [4.78, 5) is 64.4. The van der Waals surface area contributed by atoms with Crippen LogP contribution in [0.1, 0.15) is 162 Å². The number of ether oxygens (including phenoxy) is 2. The van der Waals surface area contributed by atoms with Crippen LogP contribution in [0, 0.1) is 0 Å². The standard InChI is InChI=1S/C42H74O14P2/c1-3-5-7-8-9-10-11-12-13-14-15-18-21-24-28-32-41(45)52-36-40(37-55-58(50,51)54-35-39(44)34-53-57(47,48)49)56-42(46)33-29-25-22-19-16-17-20-23-27-31-38(43)30-26-6-4-2/h10-13,20,23,27,31,39-40,44H,3-9,14-19,21-22,24-26,28-30,32-37H2,1-2H3,(H,50,51)(H2,47,48,49)/b11-10-,13-12-,23-20-,31-27+/t39-,40+/m0/s1. The summed E-state index contributed by atoms with van der Waals surface area (Å²) in [7, 11) is -9.71. The lowest BCUT2D eigenvalue weighted by Gasteiger charge is -2.20. The van der Waals surface area contributed by atoms with Crippen molar-refractivity contribution in [1.82, 2.24) is 0 Å². The summed E-state index contributed by atoms with van der Waals surface area (Å²) in [5.74, 6) is -0.969. The highest BCUT2D eigenvalue weighted by Gasteiger charge is 2.28. The van der Waals surface area contributed by atoms with Gasteiger partial charge in [-0.3, -0.25) is 28.0 Å². The first kappa shape index (κ1) is 55.8. The van der Waals surface area contributed by atoms with Gasteiger partial charge in [-0.15, -0.1) is 0 Å². The Balaban J connectivity index is 4.63. The molecule has 0 amide bonds. The first-order chi connectivity index (χ1) is 27.8. The van der Waals surface area contributed by atoms with Crippen LogP contribution in [0.3, 0.4) is 0 Å². The van der Waals surface area contributed by atoms with E-state index in [1.807, 2.05) is 12.2 Å². The molecule has 3 atom stereocenters. The van der Waals surface area contributed by atoms with Gasteiger partial charge in [0.25, 0.3) is 0 Å². The number of allylic oxidation sites excluding steroid dienone is 8. The number of ketones is 1. The lowest BCUT2D eigenvalue weighted by Crippen LogP contribution is -2.30. The molecule has 0 aliphatic carbocycles. The van der Waals surface area contributed by atoms with Gasteiger partial charge in [-0.1, -0.05) is 127 Å². The molecule has 14 nitrogen and oxygen atoms in total. The highest BCUT2D eigenvalue weighted by Crippen LogP contribution is 2.43. The molecule has 0 aliphatic rings. The van der Waals surface area contributed by atoms with Crippen molar-refractivity contribution in [3.05, 3.63) is 48.6 Å². The fourth-order valence-corrected chi connectivity index (χ4v) is 6.53. The molecule has 0 rings (SSSR count). The SMILES string of the molecule is CCCCCC/C=C\C=C/CCCCCCCC(=O)OC[C@H](COP(=O)(O)OC[C@@H](O)COP(=O)(O)O)OC(=O)CCCCCCC/C=C\C=C\C(=O)CCCCC. The Bertz CT molecular complexity index is 1280. The van der Waals surface area contributed by atoms with Gasteiger partial charge in [-0.25, -0.2) is 9.13 Å². The number of aliphatic hydroxyl groups is 1. The van der Waals surface area contributed by atoms with Crippen molar-refractivity contribution in [2.75, 3.05) is 26.4 Å². The molecule has 0 spiro atoms. The number of carbonyl (C=O) groups excluding carboxylic acids is 3. The number of hydrogen-bond acceptors (Lipinski definition) is 11. The lowest BCUT2D eigenvalue weighted by atomic mass is 10.1. The number of aliphatic hydroxyl groups excluding tert-OH is 1. The molecule has 0 radical (unpaired) electrons. The Kier molecular flexibility index (Phi) is 36.3. The first-order valence-corrected chi connectivity index (χ1v) is 24.3. The average Bonchev–Trinajstić information content (AvgIpc) is 3.17. The molecule has 0 fully saturated rings. The van der Waals surface area contributed by atoms with E-state index in [4.69, 9.17) is 23.8 Å². The second-order valence-electron chi connectivity index (χ2n) is 14.3. The van der Waals surface area contributed by atoms with E-state index >= 15 is 0 Å². The van der Waals surface area contributed by atoms with Crippen LogP contribution in [-0.4, -0.2) is 76.1 Å². The van der Waals surface area contributed by atoms with Crippen molar-refractivity contribution >= 4 is 33.4 Å². The van der Waals surface area contributed by atoms with Gasteiger partial charge in [0.1, 0.15) is 12.7 Å². The largest absolute Gasteiger partial charge is 0.472 e. The molecule has 0 aromatic carbocycles. The minimum absolute atomic E-state index is 0.0755. The normalized spacial score (nSPS) is 14.4. The number of unbranched alkanes of at least 4 members (excludes halogenated alkanes) is 16. The van der Waals surface area contributed by atoms with Crippen molar-refractivity contribution in [3.63, 3.8) is 0 Å². The monoisotopic (exact) mass is 864 g/mol. The van der Waals surface area contributed by atoms with Crippen LogP contribution in [-0.2, 0) is 46.6 Å². The molecule has 0 aromatic heterocycles. The summed E-state index contributed by atoms with van der Waals surface area (Å²) >= 11 is 0. The molecule has 0 aliphatic heterocycles. The van der Waals surface area contributed by atoms with E-state index in [1.54, 1.807) is 12.2 Å². The van der Waals surface area contributed by atoms with Crippen molar-refractivity contribution in [2.24, 2.45) is 0 Å². The van der Waals surface area contributed by atoms with Crippen LogP contribution in [0.4, 0.5) is 0 Å². The van der Waals surface area contributed by atoms with E-state index in [-0.39, 0.29) is 18.6 Å². The molecular weight excluding hydrogens is 790 g/mol. The minimum Gasteiger partial charge on any atom is -0.462 e. The zero-order valence-corrected chi connectivity index (χ0v) is 36.9. The van der Waals surface area contributed by atoms with Gasteiger partial charge in [0.05, 0.1) is 19.8 Å². The first-order valence-electron chi connectivity index (χ1n) is 21.3. The topological polar surface area (TPSA) is 212 Å². The third kappa shape index (κ3) is 40.5. The fourth-order valence-electron chi connectivity index (χ4n) is 5.38. The number of phosphoric ester groups is 2. The van der Waals surface area contributed by atoms with Crippen LogP contribution in [0.2, 0.25) is 0 Å². The van der Waals surface area contributed by atoms with Crippen LogP contribution in [0.15, 0.2) is 48.6 Å². The maximum atomic E-state index is 12.6. The molecule has 4 N–H and O–H groups in total. The smallest absolute Gasteiger partial charge is 0.462 e. The van der Waals surface area contributed by atoms with Gasteiger partial charge in [0.2, 0.25) is 0 Å². The summed E-state index contributed by atoms with van der Waals surface area (Å²) in [6.45, 7) is 1.51. The molecule has 16 heteroatoms. The van der Waals surface area contributed by atoms with Crippen molar-refractivity contribution in [1.29, 1.82) is 0 Å². The molecule has 0 bridgehead atoms. The van der Waals surface area contributed by atoms with Gasteiger partial charge in [0.15, 0.2) is 11.9 Å². The molecule has 1 unspecified atom stereocenters. The van der Waals surface area contributed by atoms with E-state index in [0.717, 1.165) is 89.9 Å². The van der Waals surface area contributed by atoms with Gasteiger partial charge in [-0.05, 0) is 63.9 Å². The number of carbonyl (C=O) groups is 3. The molecule has 58 heavy (non-hydrogen) atoms.